The monoisotopic (exact) mass is 251 g/mol. The molecule has 0 saturated carbocycles. The second-order valence-electron chi connectivity index (χ2n) is 4.47. The van der Waals surface area contributed by atoms with Gasteiger partial charge in [-0.3, -0.25) is 0 Å². The highest BCUT2D eigenvalue weighted by molar-refractivity contribution is 5.51. The molecule has 0 aromatic heterocycles. The van der Waals surface area contributed by atoms with Crippen molar-refractivity contribution in [2.24, 2.45) is 0 Å². The number of rotatable bonds is 2. The highest BCUT2D eigenvalue weighted by Crippen LogP contribution is 2.22. The molecular weight excluding hydrogens is 236 g/mol. The van der Waals surface area contributed by atoms with Crippen molar-refractivity contribution < 1.29 is 8.78 Å². The summed E-state index contributed by atoms with van der Waals surface area (Å²) in [6.07, 6.45) is 2.99. The van der Waals surface area contributed by atoms with Crippen LogP contribution in [0.5, 0.6) is 0 Å². The molecule has 96 valence electrons. The second kappa shape index (κ2) is 5.78. The molecule has 0 radical (unpaired) electrons. The predicted molar refractivity (Wildman–Crippen MR) is 65.2 cm³/mol. The molecular formula is C13H15F2N3. The lowest BCUT2D eigenvalue weighted by atomic mass is 10.1. The van der Waals surface area contributed by atoms with Crippen LogP contribution >= 0.6 is 0 Å². The van der Waals surface area contributed by atoms with Crippen molar-refractivity contribution in [1.29, 1.82) is 5.26 Å². The summed E-state index contributed by atoms with van der Waals surface area (Å²) >= 11 is 0. The van der Waals surface area contributed by atoms with Gasteiger partial charge in [0.2, 0.25) is 0 Å². The molecule has 1 atom stereocenters. The van der Waals surface area contributed by atoms with Gasteiger partial charge in [-0.1, -0.05) is 6.42 Å². The van der Waals surface area contributed by atoms with Crippen LogP contribution < -0.4 is 10.6 Å². The van der Waals surface area contributed by atoms with Crippen molar-refractivity contribution in [2.75, 3.05) is 18.4 Å². The average Bonchev–Trinajstić information content (AvgIpc) is 2.62. The summed E-state index contributed by atoms with van der Waals surface area (Å²) in [5.74, 6) is -1.42. The number of benzene rings is 1. The zero-order valence-electron chi connectivity index (χ0n) is 9.97. The fourth-order valence-corrected chi connectivity index (χ4v) is 2.12. The molecule has 5 heteroatoms. The number of nitriles is 1. The Bertz CT molecular complexity index is 437. The highest BCUT2D eigenvalue weighted by atomic mass is 19.1. The summed E-state index contributed by atoms with van der Waals surface area (Å²) in [4.78, 5) is 0. The lowest BCUT2D eigenvalue weighted by molar-refractivity contribution is 0.570. The van der Waals surface area contributed by atoms with Gasteiger partial charge < -0.3 is 10.6 Å². The molecule has 3 nitrogen and oxygen atoms in total. The molecule has 1 saturated heterocycles. The molecule has 1 aliphatic rings. The van der Waals surface area contributed by atoms with Gasteiger partial charge in [-0.25, -0.2) is 8.78 Å². The molecule has 1 aromatic carbocycles. The number of nitrogens with zero attached hydrogens (tertiary/aromatic N) is 1. The van der Waals surface area contributed by atoms with Crippen molar-refractivity contribution in [2.45, 2.75) is 25.3 Å². The first-order valence-electron chi connectivity index (χ1n) is 6.07. The van der Waals surface area contributed by atoms with Gasteiger partial charge in [0.15, 0.2) is 11.6 Å². The largest absolute Gasteiger partial charge is 0.376 e. The van der Waals surface area contributed by atoms with E-state index in [0.717, 1.165) is 37.9 Å². The predicted octanol–water partition coefficient (Wildman–Crippen LogP) is 2.39. The summed E-state index contributed by atoms with van der Waals surface area (Å²) in [5, 5.41) is 14.7. The zero-order valence-corrected chi connectivity index (χ0v) is 9.97. The summed E-state index contributed by atoms with van der Waals surface area (Å²) in [5.41, 5.74) is -0.141. The minimum absolute atomic E-state index is 0.00505. The maximum Gasteiger partial charge on any atom is 0.150 e. The van der Waals surface area contributed by atoms with E-state index in [0.29, 0.717) is 6.54 Å². The first-order chi connectivity index (χ1) is 8.70. The number of nitrogens with one attached hydrogen (secondary N) is 2. The maximum atomic E-state index is 13.7. The molecule has 18 heavy (non-hydrogen) atoms. The Kier molecular flexibility index (Phi) is 4.11. The van der Waals surface area contributed by atoms with Gasteiger partial charge in [0.25, 0.3) is 0 Å². The standard InChI is InChI=1S/C13H15F2N3/c14-11-5-9(7-16)6-12(15)13(11)18-10-3-1-2-4-17-8-10/h5-6,10,17-18H,1-4,8H2. The Morgan fingerprint density at radius 2 is 2.00 bits per heavy atom. The van der Waals surface area contributed by atoms with Crippen LogP contribution in [0.4, 0.5) is 14.5 Å². The van der Waals surface area contributed by atoms with Crippen LogP contribution in [0.25, 0.3) is 0 Å². The minimum Gasteiger partial charge on any atom is -0.376 e. The van der Waals surface area contributed by atoms with Gasteiger partial charge in [-0.05, 0) is 31.5 Å². The normalized spacial score (nSPS) is 19.9. The third-order valence-electron chi connectivity index (χ3n) is 3.07. The van der Waals surface area contributed by atoms with Crippen molar-refractivity contribution in [3.63, 3.8) is 0 Å². The number of halogens is 2. The first-order valence-corrected chi connectivity index (χ1v) is 6.07. The Morgan fingerprint density at radius 3 is 2.67 bits per heavy atom. The van der Waals surface area contributed by atoms with E-state index >= 15 is 0 Å². The van der Waals surface area contributed by atoms with E-state index in [2.05, 4.69) is 10.6 Å². The van der Waals surface area contributed by atoms with E-state index in [9.17, 15) is 8.78 Å². The average molecular weight is 251 g/mol. The second-order valence-corrected chi connectivity index (χ2v) is 4.47. The van der Waals surface area contributed by atoms with Crippen molar-refractivity contribution in [3.05, 3.63) is 29.3 Å². The van der Waals surface area contributed by atoms with Crippen LogP contribution in [0, 0.1) is 23.0 Å². The van der Waals surface area contributed by atoms with Crippen molar-refractivity contribution in [3.8, 4) is 6.07 Å². The molecule has 1 aliphatic heterocycles. The van der Waals surface area contributed by atoms with Crippen LogP contribution in [0.15, 0.2) is 12.1 Å². The van der Waals surface area contributed by atoms with Crippen molar-refractivity contribution >= 4 is 5.69 Å². The summed E-state index contributed by atoms with van der Waals surface area (Å²) in [6.45, 7) is 1.63. The molecule has 1 fully saturated rings. The molecule has 1 aromatic rings. The third-order valence-corrected chi connectivity index (χ3v) is 3.07. The fraction of sp³-hybridized carbons (Fsp3) is 0.462. The van der Waals surface area contributed by atoms with Crippen LogP contribution in [0.1, 0.15) is 24.8 Å². The minimum atomic E-state index is -0.712. The number of hydrogen-bond donors (Lipinski definition) is 2. The van der Waals surface area contributed by atoms with E-state index in [-0.39, 0.29) is 17.3 Å². The lowest BCUT2D eigenvalue weighted by Crippen LogP contribution is -2.31. The van der Waals surface area contributed by atoms with Crippen LogP contribution in [0.2, 0.25) is 0 Å². The summed E-state index contributed by atoms with van der Waals surface area (Å²) in [6, 6.07) is 3.85. The lowest BCUT2D eigenvalue weighted by Gasteiger charge is -2.18. The number of anilines is 1. The zero-order chi connectivity index (χ0) is 13.0. The van der Waals surface area contributed by atoms with Crippen molar-refractivity contribution in [1.82, 2.24) is 5.32 Å². The maximum absolute atomic E-state index is 13.7. The van der Waals surface area contributed by atoms with E-state index in [1.165, 1.54) is 0 Å². The van der Waals surface area contributed by atoms with Gasteiger partial charge in [-0.2, -0.15) is 5.26 Å². The van der Waals surface area contributed by atoms with Gasteiger partial charge in [0.1, 0.15) is 5.69 Å². The molecule has 1 unspecified atom stereocenters. The summed E-state index contributed by atoms with van der Waals surface area (Å²) in [7, 11) is 0. The van der Waals surface area contributed by atoms with Gasteiger partial charge >= 0.3 is 0 Å². The van der Waals surface area contributed by atoms with Gasteiger partial charge in [-0.15, -0.1) is 0 Å². The summed E-state index contributed by atoms with van der Waals surface area (Å²) < 4.78 is 27.4. The highest BCUT2D eigenvalue weighted by Gasteiger charge is 2.17. The Hall–Kier alpha value is -1.67. The van der Waals surface area contributed by atoms with Gasteiger partial charge in [0, 0.05) is 12.6 Å². The fourth-order valence-electron chi connectivity index (χ4n) is 2.12. The SMILES string of the molecule is N#Cc1cc(F)c(NC2CCCCNC2)c(F)c1. The molecule has 2 rings (SSSR count). The van der Waals surface area contributed by atoms with E-state index < -0.39 is 11.6 Å². The van der Waals surface area contributed by atoms with E-state index in [1.807, 2.05) is 0 Å². The molecule has 0 amide bonds. The molecule has 0 aliphatic carbocycles. The Morgan fingerprint density at radius 1 is 1.28 bits per heavy atom. The first kappa shape index (κ1) is 12.8. The van der Waals surface area contributed by atoms with Gasteiger partial charge in [0.05, 0.1) is 11.6 Å². The molecule has 1 heterocycles. The smallest absolute Gasteiger partial charge is 0.150 e. The van der Waals surface area contributed by atoms with Crippen LogP contribution in [-0.2, 0) is 0 Å². The third kappa shape index (κ3) is 2.96. The van der Waals surface area contributed by atoms with E-state index in [4.69, 9.17) is 5.26 Å². The van der Waals surface area contributed by atoms with Crippen LogP contribution in [-0.4, -0.2) is 19.1 Å². The van der Waals surface area contributed by atoms with Crippen LogP contribution in [0.3, 0.4) is 0 Å². The number of hydrogen-bond acceptors (Lipinski definition) is 3. The molecule has 0 bridgehead atoms. The molecule has 0 spiro atoms. The Balaban J connectivity index is 2.15. The van der Waals surface area contributed by atoms with E-state index in [1.54, 1.807) is 6.07 Å². The topological polar surface area (TPSA) is 47.9 Å². The Labute approximate surface area is 105 Å². The molecule has 2 N–H and O–H groups in total. The quantitative estimate of drug-likeness (QED) is 0.848.